The molecular formula is C24H42O21. The SMILES string of the molecule is OC[C@H]1O[C@H](O[C@@H]2[C@@H](O)[C@H](O[C@@H]3[C@@H](O)[C@@H](O[C@H]4[C@H](O)[C@@H](CO)OC(O)[C@@H]4O)O[C@H](CO)[C@H]3O)O[C@H](CO)[C@H]2O)[C@H](O)[C@@H](O)[C@@H]1O. The molecule has 4 heterocycles. The van der Waals surface area contributed by atoms with Crippen molar-refractivity contribution in [3.05, 3.63) is 0 Å². The van der Waals surface area contributed by atoms with Gasteiger partial charge in [-0.2, -0.15) is 0 Å². The third-order valence-corrected chi connectivity index (χ3v) is 8.21. The molecule has 14 N–H and O–H groups in total. The first-order valence-electron chi connectivity index (χ1n) is 14.1. The summed E-state index contributed by atoms with van der Waals surface area (Å²) in [5, 5.41) is 143. The highest BCUT2D eigenvalue weighted by atomic mass is 16.8. The van der Waals surface area contributed by atoms with E-state index < -0.39 is 149 Å². The molecule has 4 rings (SSSR count). The van der Waals surface area contributed by atoms with Gasteiger partial charge in [0, 0.05) is 0 Å². The zero-order chi connectivity index (χ0) is 33.3. The van der Waals surface area contributed by atoms with E-state index in [1.165, 1.54) is 0 Å². The van der Waals surface area contributed by atoms with Crippen LogP contribution in [0.2, 0.25) is 0 Å². The molecule has 4 aliphatic heterocycles. The Bertz CT molecular complexity index is 916. The number of rotatable bonds is 10. The van der Waals surface area contributed by atoms with Gasteiger partial charge in [-0.15, -0.1) is 0 Å². The lowest BCUT2D eigenvalue weighted by Gasteiger charge is -2.49. The molecule has 0 aromatic heterocycles. The predicted molar refractivity (Wildman–Crippen MR) is 134 cm³/mol. The Kier molecular flexibility index (Phi) is 12.8. The van der Waals surface area contributed by atoms with Gasteiger partial charge in [-0.1, -0.05) is 0 Å². The number of aliphatic hydroxyl groups excluding tert-OH is 14. The van der Waals surface area contributed by atoms with E-state index in [4.69, 9.17) is 33.2 Å². The molecule has 0 bridgehead atoms. The van der Waals surface area contributed by atoms with Crippen molar-refractivity contribution in [2.24, 2.45) is 0 Å². The monoisotopic (exact) mass is 666 g/mol. The molecule has 20 atom stereocenters. The Morgan fingerprint density at radius 2 is 0.644 bits per heavy atom. The zero-order valence-corrected chi connectivity index (χ0v) is 23.5. The summed E-state index contributed by atoms with van der Waals surface area (Å²) >= 11 is 0. The topological polar surface area (TPSA) is 348 Å². The quantitative estimate of drug-likeness (QED) is 0.103. The molecule has 264 valence electrons. The molecule has 0 radical (unpaired) electrons. The van der Waals surface area contributed by atoms with E-state index in [2.05, 4.69) is 0 Å². The Balaban J connectivity index is 1.53. The smallest absolute Gasteiger partial charge is 0.187 e. The molecule has 0 aromatic carbocycles. The molecule has 0 amide bonds. The molecule has 4 saturated heterocycles. The molecule has 45 heavy (non-hydrogen) atoms. The van der Waals surface area contributed by atoms with Crippen molar-refractivity contribution >= 4 is 0 Å². The van der Waals surface area contributed by atoms with Crippen molar-refractivity contribution < 1.29 is 105 Å². The van der Waals surface area contributed by atoms with Gasteiger partial charge in [-0.25, -0.2) is 0 Å². The molecule has 4 fully saturated rings. The van der Waals surface area contributed by atoms with Crippen LogP contribution in [-0.4, -0.2) is 221 Å². The van der Waals surface area contributed by atoms with Crippen LogP contribution in [0.5, 0.6) is 0 Å². The van der Waals surface area contributed by atoms with E-state index in [1.807, 2.05) is 0 Å². The average molecular weight is 667 g/mol. The van der Waals surface area contributed by atoms with Gasteiger partial charge in [-0.05, 0) is 0 Å². The summed E-state index contributed by atoms with van der Waals surface area (Å²) in [6, 6.07) is 0. The summed E-state index contributed by atoms with van der Waals surface area (Å²) in [4.78, 5) is 0. The molecule has 0 spiro atoms. The lowest BCUT2D eigenvalue weighted by molar-refractivity contribution is -0.389. The maximum atomic E-state index is 11.1. The summed E-state index contributed by atoms with van der Waals surface area (Å²) in [7, 11) is 0. The van der Waals surface area contributed by atoms with Crippen molar-refractivity contribution in [3.63, 3.8) is 0 Å². The van der Waals surface area contributed by atoms with Gasteiger partial charge in [0.15, 0.2) is 25.2 Å². The van der Waals surface area contributed by atoms with E-state index in [0.29, 0.717) is 0 Å². The van der Waals surface area contributed by atoms with Crippen LogP contribution in [0.15, 0.2) is 0 Å². The van der Waals surface area contributed by atoms with Crippen LogP contribution in [0.4, 0.5) is 0 Å². The second-order valence-corrected chi connectivity index (χ2v) is 11.1. The largest absolute Gasteiger partial charge is 0.394 e. The number of aliphatic hydroxyl groups is 14. The van der Waals surface area contributed by atoms with E-state index in [9.17, 15) is 71.5 Å². The van der Waals surface area contributed by atoms with Gasteiger partial charge in [0.25, 0.3) is 0 Å². The summed E-state index contributed by atoms with van der Waals surface area (Å²) in [6.07, 6.45) is -36.1. The second-order valence-electron chi connectivity index (χ2n) is 11.1. The van der Waals surface area contributed by atoms with Crippen molar-refractivity contribution in [3.8, 4) is 0 Å². The van der Waals surface area contributed by atoms with Crippen LogP contribution in [-0.2, 0) is 33.2 Å². The van der Waals surface area contributed by atoms with Crippen LogP contribution in [0.3, 0.4) is 0 Å². The predicted octanol–water partition coefficient (Wildman–Crippen LogP) is -9.75. The maximum Gasteiger partial charge on any atom is 0.187 e. The van der Waals surface area contributed by atoms with Crippen molar-refractivity contribution in [1.82, 2.24) is 0 Å². The van der Waals surface area contributed by atoms with Crippen LogP contribution in [0, 0.1) is 0 Å². The van der Waals surface area contributed by atoms with Gasteiger partial charge in [-0.3, -0.25) is 0 Å². The lowest BCUT2D eigenvalue weighted by atomic mass is 9.95. The molecule has 21 nitrogen and oxygen atoms in total. The minimum absolute atomic E-state index is 0.802. The normalized spacial score (nSPS) is 52.9. The molecule has 1 unspecified atom stereocenters. The summed E-state index contributed by atoms with van der Waals surface area (Å²) < 4.78 is 37.5. The average Bonchev–Trinajstić information content (AvgIpc) is 3.02. The fraction of sp³-hybridized carbons (Fsp3) is 1.00. The van der Waals surface area contributed by atoms with E-state index in [-0.39, 0.29) is 0 Å². The van der Waals surface area contributed by atoms with Gasteiger partial charge in [0.1, 0.15) is 97.7 Å². The standard InChI is InChI=1S/C24H42O21/c25-1-5-9(29)13(33)14(34)22(40-5)44-19-11(31)7(3-27)42-24(16(19)36)45-20-12(32)8(4-28)41-23(17(20)37)43-18-10(30)6(2-26)39-21(38)15(18)35/h5-38H,1-4H2/t5-,6-,7-,8-,9-,10-,11-,12-,13+,14-,15-,16-,17-,18+,19+,20+,21?,22-,23-,24+/m1/s1. The minimum Gasteiger partial charge on any atom is -0.394 e. The first-order valence-corrected chi connectivity index (χ1v) is 14.1. The zero-order valence-electron chi connectivity index (χ0n) is 23.5. The molecule has 0 saturated carbocycles. The first-order chi connectivity index (χ1) is 21.3. The first kappa shape index (κ1) is 37.0. The van der Waals surface area contributed by atoms with Crippen molar-refractivity contribution in [1.29, 1.82) is 0 Å². The fourth-order valence-corrected chi connectivity index (χ4v) is 5.53. The fourth-order valence-electron chi connectivity index (χ4n) is 5.53. The second kappa shape index (κ2) is 15.6. The third kappa shape index (κ3) is 7.44. The molecular weight excluding hydrogens is 624 g/mol. The van der Waals surface area contributed by atoms with E-state index in [1.54, 1.807) is 0 Å². The summed E-state index contributed by atoms with van der Waals surface area (Å²) in [5.41, 5.74) is 0. The Labute approximate surface area is 254 Å². The van der Waals surface area contributed by atoms with E-state index >= 15 is 0 Å². The van der Waals surface area contributed by atoms with Crippen molar-refractivity contribution in [2.75, 3.05) is 26.4 Å². The van der Waals surface area contributed by atoms with Gasteiger partial charge < -0.3 is 105 Å². The minimum atomic E-state index is -2.05. The lowest BCUT2D eigenvalue weighted by Crippen LogP contribution is -2.67. The summed E-state index contributed by atoms with van der Waals surface area (Å²) in [5.74, 6) is 0. The highest BCUT2D eigenvalue weighted by Crippen LogP contribution is 2.34. The van der Waals surface area contributed by atoms with Crippen LogP contribution in [0.25, 0.3) is 0 Å². The number of ether oxygens (including phenoxy) is 7. The number of hydrogen-bond acceptors (Lipinski definition) is 21. The molecule has 4 aliphatic rings. The molecule has 0 aliphatic carbocycles. The highest BCUT2D eigenvalue weighted by Gasteiger charge is 2.55. The van der Waals surface area contributed by atoms with Crippen LogP contribution >= 0.6 is 0 Å². The van der Waals surface area contributed by atoms with Gasteiger partial charge in [0.2, 0.25) is 0 Å². The van der Waals surface area contributed by atoms with Crippen LogP contribution in [0.1, 0.15) is 0 Å². The van der Waals surface area contributed by atoms with E-state index in [0.717, 1.165) is 0 Å². The van der Waals surface area contributed by atoms with Gasteiger partial charge >= 0.3 is 0 Å². The van der Waals surface area contributed by atoms with Crippen molar-refractivity contribution in [2.45, 2.75) is 123 Å². The number of hydrogen-bond donors (Lipinski definition) is 14. The Morgan fingerprint density at radius 3 is 1.02 bits per heavy atom. The molecule has 0 aromatic rings. The Morgan fingerprint density at radius 1 is 0.333 bits per heavy atom. The Hall–Kier alpha value is -0.840. The summed E-state index contributed by atoms with van der Waals surface area (Å²) in [6.45, 7) is -3.42. The molecule has 21 heteroatoms. The van der Waals surface area contributed by atoms with Crippen LogP contribution < -0.4 is 0 Å². The third-order valence-electron chi connectivity index (χ3n) is 8.21. The van der Waals surface area contributed by atoms with Gasteiger partial charge in [0.05, 0.1) is 26.4 Å². The highest BCUT2D eigenvalue weighted by molar-refractivity contribution is 4.97. The maximum absolute atomic E-state index is 11.1.